The van der Waals surface area contributed by atoms with Crippen LogP contribution in [0.25, 0.3) is 0 Å². The van der Waals surface area contributed by atoms with Crippen molar-refractivity contribution in [1.29, 1.82) is 5.26 Å². The fourth-order valence-corrected chi connectivity index (χ4v) is 1.45. The van der Waals surface area contributed by atoms with Crippen molar-refractivity contribution in [3.8, 4) is 11.8 Å². The summed E-state index contributed by atoms with van der Waals surface area (Å²) in [6.07, 6.45) is 4.91. The average molecular weight is 203 g/mol. The maximum Gasteiger partial charge on any atom is 0.174 e. The van der Waals surface area contributed by atoms with Crippen LogP contribution in [0.15, 0.2) is 24.3 Å². The van der Waals surface area contributed by atoms with E-state index in [2.05, 4.69) is 19.1 Å². The molecule has 1 aromatic rings. The first-order valence-corrected chi connectivity index (χ1v) is 5.45. The van der Waals surface area contributed by atoms with Gasteiger partial charge in [0.05, 0.1) is 0 Å². The largest absolute Gasteiger partial charge is 0.479 e. The number of ether oxygens (including phenoxy) is 1. The molecule has 1 rings (SSSR count). The molecule has 0 heterocycles. The second kappa shape index (κ2) is 6.89. The molecule has 0 aliphatic heterocycles. The van der Waals surface area contributed by atoms with Gasteiger partial charge in [-0.2, -0.15) is 5.26 Å². The maximum absolute atomic E-state index is 8.35. The van der Waals surface area contributed by atoms with Gasteiger partial charge in [-0.15, -0.1) is 0 Å². The van der Waals surface area contributed by atoms with Crippen molar-refractivity contribution in [1.82, 2.24) is 0 Å². The Bertz CT molecular complexity index is 310. The van der Waals surface area contributed by atoms with Crippen LogP contribution in [-0.4, -0.2) is 6.61 Å². The molecule has 0 saturated carbocycles. The normalized spacial score (nSPS) is 9.60. The smallest absolute Gasteiger partial charge is 0.174 e. The summed E-state index contributed by atoms with van der Waals surface area (Å²) in [6.45, 7) is 2.33. The lowest BCUT2D eigenvalue weighted by atomic mass is 10.1. The number of hydrogen-bond donors (Lipinski definition) is 0. The Kier molecular flexibility index (Phi) is 5.32. The molecule has 0 unspecified atom stereocenters. The summed E-state index contributed by atoms with van der Waals surface area (Å²) < 4.78 is 5.17. The van der Waals surface area contributed by atoms with Crippen LogP contribution >= 0.6 is 0 Å². The van der Waals surface area contributed by atoms with Crippen molar-refractivity contribution in [2.45, 2.75) is 32.6 Å². The van der Waals surface area contributed by atoms with Gasteiger partial charge in [0.1, 0.15) is 11.8 Å². The van der Waals surface area contributed by atoms with E-state index in [1.54, 1.807) is 0 Å². The second-order valence-corrected chi connectivity index (χ2v) is 3.55. The molecule has 0 atom stereocenters. The van der Waals surface area contributed by atoms with Gasteiger partial charge in [-0.3, -0.25) is 0 Å². The second-order valence-electron chi connectivity index (χ2n) is 3.55. The van der Waals surface area contributed by atoms with Crippen molar-refractivity contribution in [2.24, 2.45) is 0 Å². The fraction of sp³-hybridized carbons (Fsp3) is 0.462. The summed E-state index contributed by atoms with van der Waals surface area (Å²) in [5.41, 5.74) is 1.34. The third-order valence-corrected chi connectivity index (χ3v) is 2.30. The molecular weight excluding hydrogens is 186 g/mol. The van der Waals surface area contributed by atoms with Crippen LogP contribution in [0, 0.1) is 11.3 Å². The van der Waals surface area contributed by atoms with Crippen LogP contribution in [0.5, 0.6) is 5.75 Å². The Morgan fingerprint density at radius 3 is 2.53 bits per heavy atom. The number of unbranched alkanes of at least 4 members (excludes halogenated alkanes) is 2. The lowest BCUT2D eigenvalue weighted by Gasteiger charge is -2.03. The van der Waals surface area contributed by atoms with Crippen LogP contribution < -0.4 is 4.74 Å². The van der Waals surface area contributed by atoms with E-state index in [9.17, 15) is 0 Å². The molecule has 0 bridgehead atoms. The third-order valence-electron chi connectivity index (χ3n) is 2.30. The summed E-state index contributed by atoms with van der Waals surface area (Å²) in [7, 11) is 0. The summed E-state index contributed by atoms with van der Waals surface area (Å²) in [5.74, 6) is 0.774. The summed E-state index contributed by atoms with van der Waals surface area (Å²) in [6, 6.07) is 9.95. The Balaban J connectivity index is 2.39. The van der Waals surface area contributed by atoms with E-state index in [4.69, 9.17) is 10.00 Å². The third kappa shape index (κ3) is 4.51. The highest BCUT2D eigenvalue weighted by Crippen LogP contribution is 2.14. The van der Waals surface area contributed by atoms with Crippen molar-refractivity contribution in [3.63, 3.8) is 0 Å². The molecule has 1 aromatic carbocycles. The number of aryl methyl sites for hydroxylation is 1. The molecule has 0 aromatic heterocycles. The Morgan fingerprint density at radius 1 is 1.20 bits per heavy atom. The predicted molar refractivity (Wildman–Crippen MR) is 60.8 cm³/mol. The lowest BCUT2D eigenvalue weighted by Crippen LogP contribution is -1.93. The topological polar surface area (TPSA) is 33.0 Å². The maximum atomic E-state index is 8.35. The highest BCUT2D eigenvalue weighted by Gasteiger charge is 1.95. The zero-order chi connectivity index (χ0) is 10.9. The number of hydrogen-bond acceptors (Lipinski definition) is 2. The average Bonchev–Trinajstić information content (AvgIpc) is 2.28. The summed E-state index contributed by atoms with van der Waals surface area (Å²) in [5, 5.41) is 8.35. The summed E-state index contributed by atoms with van der Waals surface area (Å²) in [4.78, 5) is 0. The van der Waals surface area contributed by atoms with Gasteiger partial charge in [-0.05, 0) is 30.5 Å². The molecule has 0 fully saturated rings. The molecule has 2 nitrogen and oxygen atoms in total. The van der Waals surface area contributed by atoms with Crippen LogP contribution in [0.1, 0.15) is 31.7 Å². The molecule has 0 spiro atoms. The van der Waals surface area contributed by atoms with Crippen LogP contribution in [-0.2, 0) is 6.42 Å². The van der Waals surface area contributed by atoms with E-state index >= 15 is 0 Å². The minimum absolute atomic E-state index is 0.120. The Hall–Kier alpha value is -1.49. The number of nitriles is 1. The van der Waals surface area contributed by atoms with Gasteiger partial charge in [-0.1, -0.05) is 31.9 Å². The molecule has 0 amide bonds. The zero-order valence-corrected chi connectivity index (χ0v) is 9.20. The zero-order valence-electron chi connectivity index (χ0n) is 9.20. The van der Waals surface area contributed by atoms with Crippen molar-refractivity contribution >= 4 is 0 Å². The molecule has 0 saturated heterocycles. The molecule has 2 heteroatoms. The quantitative estimate of drug-likeness (QED) is 0.664. The number of nitrogens with zero attached hydrogens (tertiary/aromatic N) is 1. The Labute approximate surface area is 91.5 Å². The molecule has 0 N–H and O–H groups in total. The van der Waals surface area contributed by atoms with Crippen LogP contribution in [0.4, 0.5) is 0 Å². The van der Waals surface area contributed by atoms with Gasteiger partial charge in [0, 0.05) is 0 Å². The van der Waals surface area contributed by atoms with Crippen molar-refractivity contribution < 1.29 is 4.74 Å². The summed E-state index contributed by atoms with van der Waals surface area (Å²) >= 11 is 0. The lowest BCUT2D eigenvalue weighted by molar-refractivity contribution is 0.368. The Morgan fingerprint density at radius 2 is 1.93 bits per heavy atom. The number of benzene rings is 1. The minimum Gasteiger partial charge on any atom is -0.479 e. The van der Waals surface area contributed by atoms with Gasteiger partial charge in [-0.25, -0.2) is 0 Å². The fourth-order valence-electron chi connectivity index (χ4n) is 1.45. The molecule has 0 aliphatic carbocycles. The SMILES string of the molecule is CCCCCc1ccc(OCC#N)cc1. The van der Waals surface area contributed by atoms with E-state index in [0.717, 1.165) is 12.2 Å². The minimum atomic E-state index is 0.120. The van der Waals surface area contributed by atoms with Gasteiger partial charge in [0.15, 0.2) is 6.61 Å². The van der Waals surface area contributed by atoms with Gasteiger partial charge < -0.3 is 4.74 Å². The molecule has 80 valence electrons. The monoisotopic (exact) mass is 203 g/mol. The van der Waals surface area contributed by atoms with Crippen LogP contribution in [0.2, 0.25) is 0 Å². The standard InChI is InChI=1S/C13H17NO/c1-2-3-4-5-12-6-8-13(9-7-12)15-11-10-14/h6-9H,2-5,11H2,1H3. The van der Waals surface area contributed by atoms with Crippen LogP contribution in [0.3, 0.4) is 0 Å². The van der Waals surface area contributed by atoms with E-state index in [0.29, 0.717) is 0 Å². The highest BCUT2D eigenvalue weighted by molar-refractivity contribution is 5.27. The van der Waals surface area contributed by atoms with E-state index in [1.165, 1.54) is 24.8 Å². The molecule has 15 heavy (non-hydrogen) atoms. The van der Waals surface area contributed by atoms with E-state index < -0.39 is 0 Å². The predicted octanol–water partition coefficient (Wildman–Crippen LogP) is 3.32. The number of rotatable bonds is 6. The van der Waals surface area contributed by atoms with Crippen molar-refractivity contribution in [3.05, 3.63) is 29.8 Å². The van der Waals surface area contributed by atoms with Gasteiger partial charge >= 0.3 is 0 Å². The van der Waals surface area contributed by atoms with E-state index in [1.807, 2.05) is 18.2 Å². The first-order chi connectivity index (χ1) is 7.36. The first-order valence-electron chi connectivity index (χ1n) is 5.45. The van der Waals surface area contributed by atoms with Crippen molar-refractivity contribution in [2.75, 3.05) is 6.61 Å². The molecule has 0 aliphatic rings. The highest BCUT2D eigenvalue weighted by atomic mass is 16.5. The molecule has 0 radical (unpaired) electrons. The van der Waals surface area contributed by atoms with Gasteiger partial charge in [0.25, 0.3) is 0 Å². The first kappa shape index (κ1) is 11.6. The van der Waals surface area contributed by atoms with Gasteiger partial charge in [0.2, 0.25) is 0 Å². The molecular formula is C13H17NO. The van der Waals surface area contributed by atoms with E-state index in [-0.39, 0.29) is 6.61 Å².